The van der Waals surface area contributed by atoms with E-state index in [1.54, 1.807) is 23.8 Å². The number of rotatable bonds is 4. The lowest BCUT2D eigenvalue weighted by Gasteiger charge is -2.06. The van der Waals surface area contributed by atoms with Gasteiger partial charge in [0.25, 0.3) is 5.91 Å². The summed E-state index contributed by atoms with van der Waals surface area (Å²) in [6.45, 7) is 0. The summed E-state index contributed by atoms with van der Waals surface area (Å²) in [6, 6.07) is 20.7. The highest BCUT2D eigenvalue weighted by molar-refractivity contribution is 9.10. The highest BCUT2D eigenvalue weighted by Crippen LogP contribution is 2.27. The number of hydrogen-bond donors (Lipinski definition) is 1. The molecule has 6 nitrogen and oxygen atoms in total. The van der Waals surface area contributed by atoms with Crippen molar-refractivity contribution in [2.24, 2.45) is 0 Å². The number of carbonyl (C=O) groups excluding carboxylic acids is 1. The second-order valence-electron chi connectivity index (χ2n) is 5.78. The number of carbonyl (C=O) groups is 1. The Labute approximate surface area is 163 Å². The van der Waals surface area contributed by atoms with Crippen LogP contribution in [0.25, 0.3) is 16.9 Å². The molecule has 0 aliphatic rings. The van der Waals surface area contributed by atoms with Gasteiger partial charge in [0.05, 0.1) is 12.8 Å². The maximum atomic E-state index is 12.5. The number of methoxy groups -OCH3 is 1. The molecule has 4 aromatic rings. The lowest BCUT2D eigenvalue weighted by Crippen LogP contribution is -2.13. The Hall–Kier alpha value is -3.19. The Balaban J connectivity index is 1.74. The summed E-state index contributed by atoms with van der Waals surface area (Å²) in [6.07, 6.45) is 0. The van der Waals surface area contributed by atoms with Crippen molar-refractivity contribution in [3.05, 3.63) is 76.8 Å². The molecule has 0 aliphatic heterocycles. The summed E-state index contributed by atoms with van der Waals surface area (Å²) in [7, 11) is 1.58. The molecule has 0 saturated carbocycles. The number of amides is 1. The number of nitrogens with zero attached hydrogens (tertiary/aromatic N) is 3. The second-order valence-corrected chi connectivity index (χ2v) is 6.70. The van der Waals surface area contributed by atoms with Crippen molar-refractivity contribution in [1.29, 1.82) is 0 Å². The van der Waals surface area contributed by atoms with Crippen molar-refractivity contribution in [2.75, 3.05) is 12.4 Å². The Morgan fingerprint density at radius 2 is 1.78 bits per heavy atom. The van der Waals surface area contributed by atoms with Gasteiger partial charge in [0.2, 0.25) is 5.95 Å². The fourth-order valence-electron chi connectivity index (χ4n) is 2.75. The van der Waals surface area contributed by atoms with Crippen LogP contribution in [0.5, 0.6) is 5.75 Å². The third-order valence-electron chi connectivity index (χ3n) is 4.07. The van der Waals surface area contributed by atoms with Gasteiger partial charge in [-0.1, -0.05) is 46.3 Å². The van der Waals surface area contributed by atoms with E-state index in [1.807, 2.05) is 54.6 Å². The SMILES string of the molecule is COc1ccc(-c2ccccc2)n2nc(NC(=O)c3ccc(Br)cc3)nc12. The molecular formula is C20H15BrN4O2. The van der Waals surface area contributed by atoms with Crippen LogP contribution in [0.3, 0.4) is 0 Å². The van der Waals surface area contributed by atoms with E-state index in [1.165, 1.54) is 0 Å². The first-order valence-corrected chi connectivity index (χ1v) is 9.01. The smallest absolute Gasteiger partial charge is 0.258 e. The van der Waals surface area contributed by atoms with Crippen molar-refractivity contribution < 1.29 is 9.53 Å². The van der Waals surface area contributed by atoms with Crippen LogP contribution >= 0.6 is 15.9 Å². The largest absolute Gasteiger partial charge is 0.493 e. The molecule has 134 valence electrons. The molecule has 7 heteroatoms. The molecule has 0 saturated heterocycles. The molecule has 1 amide bonds. The van der Waals surface area contributed by atoms with Gasteiger partial charge in [-0.05, 0) is 36.4 Å². The number of hydrogen-bond acceptors (Lipinski definition) is 4. The van der Waals surface area contributed by atoms with Gasteiger partial charge in [0, 0.05) is 15.6 Å². The molecule has 0 bridgehead atoms. The summed E-state index contributed by atoms with van der Waals surface area (Å²) in [5.41, 5.74) is 2.89. The minimum Gasteiger partial charge on any atom is -0.493 e. The van der Waals surface area contributed by atoms with E-state index < -0.39 is 0 Å². The van der Waals surface area contributed by atoms with Gasteiger partial charge in [-0.3, -0.25) is 10.1 Å². The third kappa shape index (κ3) is 3.41. The zero-order valence-electron chi connectivity index (χ0n) is 14.4. The van der Waals surface area contributed by atoms with Crippen LogP contribution in [0.15, 0.2) is 71.2 Å². The van der Waals surface area contributed by atoms with E-state index in [2.05, 4.69) is 31.3 Å². The van der Waals surface area contributed by atoms with Gasteiger partial charge in [0.1, 0.15) is 0 Å². The van der Waals surface area contributed by atoms with Crippen LogP contribution in [0.2, 0.25) is 0 Å². The number of anilines is 1. The van der Waals surface area contributed by atoms with E-state index >= 15 is 0 Å². The quantitative estimate of drug-likeness (QED) is 0.528. The average molecular weight is 423 g/mol. The molecule has 2 heterocycles. The summed E-state index contributed by atoms with van der Waals surface area (Å²) in [5, 5.41) is 7.21. The monoisotopic (exact) mass is 422 g/mol. The Morgan fingerprint density at radius 1 is 1.04 bits per heavy atom. The van der Waals surface area contributed by atoms with Gasteiger partial charge >= 0.3 is 0 Å². The normalized spacial score (nSPS) is 10.7. The van der Waals surface area contributed by atoms with Crippen LogP contribution < -0.4 is 10.1 Å². The molecule has 2 aromatic carbocycles. The summed E-state index contributed by atoms with van der Waals surface area (Å²) >= 11 is 3.36. The first kappa shape index (κ1) is 17.2. The highest BCUT2D eigenvalue weighted by Gasteiger charge is 2.15. The number of fused-ring (bicyclic) bond motifs is 1. The number of nitrogens with one attached hydrogen (secondary N) is 1. The lowest BCUT2D eigenvalue weighted by atomic mass is 10.1. The van der Waals surface area contributed by atoms with Crippen LogP contribution in [0, 0.1) is 0 Å². The maximum Gasteiger partial charge on any atom is 0.258 e. The molecular weight excluding hydrogens is 408 g/mol. The van der Waals surface area contributed by atoms with Crippen molar-refractivity contribution in [2.45, 2.75) is 0 Å². The summed E-state index contributed by atoms with van der Waals surface area (Å²) in [4.78, 5) is 16.9. The molecule has 2 aromatic heterocycles. The minimum absolute atomic E-state index is 0.213. The van der Waals surface area contributed by atoms with Gasteiger partial charge in [-0.25, -0.2) is 4.52 Å². The molecule has 0 aliphatic carbocycles. The van der Waals surface area contributed by atoms with E-state index in [-0.39, 0.29) is 11.9 Å². The minimum atomic E-state index is -0.279. The van der Waals surface area contributed by atoms with E-state index in [9.17, 15) is 4.79 Å². The van der Waals surface area contributed by atoms with Crippen LogP contribution in [-0.2, 0) is 0 Å². The van der Waals surface area contributed by atoms with Gasteiger partial charge < -0.3 is 4.74 Å². The van der Waals surface area contributed by atoms with Crippen molar-refractivity contribution in [3.63, 3.8) is 0 Å². The lowest BCUT2D eigenvalue weighted by molar-refractivity contribution is 0.102. The summed E-state index contributed by atoms with van der Waals surface area (Å²) < 4.78 is 7.97. The Kier molecular flexibility index (Phi) is 4.60. The predicted octanol–water partition coefficient (Wildman–Crippen LogP) is 4.42. The first-order chi connectivity index (χ1) is 13.2. The third-order valence-corrected chi connectivity index (χ3v) is 4.60. The fourth-order valence-corrected chi connectivity index (χ4v) is 3.02. The average Bonchev–Trinajstić information content (AvgIpc) is 3.11. The fraction of sp³-hybridized carbons (Fsp3) is 0.0500. The molecule has 0 fully saturated rings. The van der Waals surface area contributed by atoms with E-state index in [4.69, 9.17) is 4.74 Å². The van der Waals surface area contributed by atoms with E-state index in [0.717, 1.165) is 15.7 Å². The van der Waals surface area contributed by atoms with Crippen molar-refractivity contribution in [1.82, 2.24) is 14.6 Å². The number of ether oxygens (including phenoxy) is 1. The molecule has 0 atom stereocenters. The molecule has 0 radical (unpaired) electrons. The van der Waals surface area contributed by atoms with Gasteiger partial charge in [0.15, 0.2) is 11.4 Å². The number of aromatic nitrogens is 3. The van der Waals surface area contributed by atoms with E-state index in [0.29, 0.717) is 17.0 Å². The molecule has 1 N–H and O–H groups in total. The second kappa shape index (κ2) is 7.20. The summed E-state index contributed by atoms with van der Waals surface area (Å²) in [5.74, 6) is 0.509. The molecule has 27 heavy (non-hydrogen) atoms. The highest BCUT2D eigenvalue weighted by atomic mass is 79.9. The van der Waals surface area contributed by atoms with Crippen molar-refractivity contribution in [3.8, 4) is 17.0 Å². The Bertz CT molecular complexity index is 1110. The maximum absolute atomic E-state index is 12.5. The van der Waals surface area contributed by atoms with Crippen LogP contribution in [0.1, 0.15) is 10.4 Å². The molecule has 0 unspecified atom stereocenters. The number of halogens is 1. The van der Waals surface area contributed by atoms with Crippen LogP contribution in [-0.4, -0.2) is 27.6 Å². The first-order valence-electron chi connectivity index (χ1n) is 8.22. The topological polar surface area (TPSA) is 68.5 Å². The number of benzene rings is 2. The number of pyridine rings is 1. The van der Waals surface area contributed by atoms with Gasteiger partial charge in [-0.2, -0.15) is 4.98 Å². The zero-order chi connectivity index (χ0) is 18.8. The zero-order valence-corrected chi connectivity index (χ0v) is 16.0. The standard InChI is InChI=1S/C20H15BrN4O2/c1-27-17-12-11-16(13-5-3-2-4-6-13)25-18(17)22-20(24-25)23-19(26)14-7-9-15(21)10-8-14/h2-12H,1H3,(H,23,24,26). The van der Waals surface area contributed by atoms with Crippen LogP contribution in [0.4, 0.5) is 5.95 Å². The Morgan fingerprint density at radius 3 is 2.48 bits per heavy atom. The molecule has 4 rings (SSSR count). The molecule has 0 spiro atoms. The van der Waals surface area contributed by atoms with Crippen molar-refractivity contribution >= 4 is 33.4 Å². The van der Waals surface area contributed by atoms with Gasteiger partial charge in [-0.15, -0.1) is 5.10 Å². The predicted molar refractivity (Wildman–Crippen MR) is 107 cm³/mol.